The standard InChI is InChI=1S/C12H21NO/c1-4-11(2)7-5-8-12(3)9-6-10-13-14/h4,8,11H,1,5-7,9-10H2,2-3H3. The van der Waals surface area contributed by atoms with Crippen LogP contribution >= 0.6 is 0 Å². The van der Waals surface area contributed by atoms with Crippen molar-refractivity contribution in [2.24, 2.45) is 11.1 Å². The second-order valence-electron chi connectivity index (χ2n) is 3.80. The van der Waals surface area contributed by atoms with Gasteiger partial charge in [0.05, 0.1) is 6.54 Å². The van der Waals surface area contributed by atoms with Gasteiger partial charge in [0, 0.05) is 0 Å². The molecule has 0 rings (SSSR count). The predicted octanol–water partition coefficient (Wildman–Crippen LogP) is 4.08. The minimum atomic E-state index is 0.439. The molecule has 0 aromatic heterocycles. The lowest BCUT2D eigenvalue weighted by Crippen LogP contribution is -1.88. The van der Waals surface area contributed by atoms with E-state index in [1.54, 1.807) is 0 Å². The van der Waals surface area contributed by atoms with E-state index in [0.717, 1.165) is 25.7 Å². The van der Waals surface area contributed by atoms with E-state index in [4.69, 9.17) is 0 Å². The first kappa shape index (κ1) is 13.1. The van der Waals surface area contributed by atoms with Gasteiger partial charge in [0.2, 0.25) is 0 Å². The maximum Gasteiger partial charge on any atom is 0.0814 e. The molecule has 0 N–H and O–H groups in total. The zero-order valence-electron chi connectivity index (χ0n) is 9.33. The molecule has 0 aliphatic rings. The Balaban J connectivity index is 3.54. The molecule has 80 valence electrons. The summed E-state index contributed by atoms with van der Waals surface area (Å²) in [5.74, 6) is 0.593. The molecule has 0 heterocycles. The highest BCUT2D eigenvalue weighted by atomic mass is 16.3. The smallest absolute Gasteiger partial charge is 0.0814 e. The quantitative estimate of drug-likeness (QED) is 0.326. The zero-order chi connectivity index (χ0) is 10.8. The first-order valence-electron chi connectivity index (χ1n) is 5.28. The molecule has 0 fully saturated rings. The third kappa shape index (κ3) is 7.71. The van der Waals surface area contributed by atoms with Gasteiger partial charge in [-0.3, -0.25) is 0 Å². The largest absolute Gasteiger partial charge is 0.151 e. The molecule has 0 radical (unpaired) electrons. The van der Waals surface area contributed by atoms with Crippen LogP contribution in [0.5, 0.6) is 0 Å². The van der Waals surface area contributed by atoms with Gasteiger partial charge in [-0.2, -0.15) is 4.91 Å². The first-order chi connectivity index (χ1) is 6.70. The summed E-state index contributed by atoms with van der Waals surface area (Å²) >= 11 is 0. The lowest BCUT2D eigenvalue weighted by atomic mass is 10.0. The lowest BCUT2D eigenvalue weighted by Gasteiger charge is -2.03. The molecule has 0 bridgehead atoms. The van der Waals surface area contributed by atoms with Gasteiger partial charge in [-0.1, -0.05) is 29.8 Å². The fraction of sp³-hybridized carbons (Fsp3) is 0.667. The molecular weight excluding hydrogens is 174 g/mol. The fourth-order valence-electron chi connectivity index (χ4n) is 1.23. The summed E-state index contributed by atoms with van der Waals surface area (Å²) in [6.45, 7) is 8.48. The minimum absolute atomic E-state index is 0.439. The summed E-state index contributed by atoms with van der Waals surface area (Å²) in [4.78, 5) is 9.85. The van der Waals surface area contributed by atoms with E-state index in [2.05, 4.69) is 31.7 Å². The van der Waals surface area contributed by atoms with Gasteiger partial charge in [0.1, 0.15) is 0 Å². The highest BCUT2D eigenvalue weighted by Gasteiger charge is 1.95. The van der Waals surface area contributed by atoms with Crippen molar-refractivity contribution in [3.63, 3.8) is 0 Å². The third-order valence-electron chi connectivity index (χ3n) is 2.34. The van der Waals surface area contributed by atoms with Crippen molar-refractivity contribution >= 4 is 0 Å². The van der Waals surface area contributed by atoms with E-state index in [1.165, 1.54) is 5.57 Å². The van der Waals surface area contributed by atoms with Gasteiger partial charge in [-0.05, 0) is 38.5 Å². The van der Waals surface area contributed by atoms with Crippen molar-refractivity contribution in [2.45, 2.75) is 39.5 Å². The predicted molar refractivity (Wildman–Crippen MR) is 62.2 cm³/mol. The Bertz CT molecular complexity index is 196. The average Bonchev–Trinajstić information content (AvgIpc) is 2.18. The van der Waals surface area contributed by atoms with Crippen LogP contribution in [0.25, 0.3) is 0 Å². The number of hydrogen-bond donors (Lipinski definition) is 0. The highest BCUT2D eigenvalue weighted by Crippen LogP contribution is 2.10. The maximum atomic E-state index is 9.85. The van der Waals surface area contributed by atoms with Crippen molar-refractivity contribution in [1.29, 1.82) is 0 Å². The molecule has 1 atom stereocenters. The summed E-state index contributed by atoms with van der Waals surface area (Å²) in [5, 5.41) is 2.84. The lowest BCUT2D eigenvalue weighted by molar-refractivity contribution is 0.655. The first-order valence-corrected chi connectivity index (χ1v) is 5.28. The number of rotatable bonds is 8. The van der Waals surface area contributed by atoms with Gasteiger partial charge in [-0.25, -0.2) is 0 Å². The van der Waals surface area contributed by atoms with E-state index in [9.17, 15) is 4.91 Å². The molecule has 2 nitrogen and oxygen atoms in total. The van der Waals surface area contributed by atoms with Crippen LogP contribution in [-0.4, -0.2) is 6.54 Å². The van der Waals surface area contributed by atoms with Crippen molar-refractivity contribution in [2.75, 3.05) is 6.54 Å². The molecule has 1 unspecified atom stereocenters. The van der Waals surface area contributed by atoms with Crippen LogP contribution in [0, 0.1) is 10.8 Å². The molecule has 2 heteroatoms. The normalized spacial score (nSPS) is 13.7. The second-order valence-corrected chi connectivity index (χ2v) is 3.80. The Labute approximate surface area is 87.1 Å². The molecule has 0 saturated carbocycles. The van der Waals surface area contributed by atoms with Crippen LogP contribution in [0.2, 0.25) is 0 Å². The van der Waals surface area contributed by atoms with Crippen LogP contribution in [0.3, 0.4) is 0 Å². The summed E-state index contributed by atoms with van der Waals surface area (Å²) < 4.78 is 0. The molecule has 0 amide bonds. The molecular formula is C12H21NO. The van der Waals surface area contributed by atoms with Crippen LogP contribution < -0.4 is 0 Å². The van der Waals surface area contributed by atoms with Crippen molar-refractivity contribution < 1.29 is 0 Å². The zero-order valence-corrected chi connectivity index (χ0v) is 9.33. The third-order valence-corrected chi connectivity index (χ3v) is 2.34. The van der Waals surface area contributed by atoms with Crippen LogP contribution in [-0.2, 0) is 0 Å². The summed E-state index contributed by atoms with van der Waals surface area (Å²) in [7, 11) is 0. The summed E-state index contributed by atoms with van der Waals surface area (Å²) in [5.41, 5.74) is 1.37. The molecule has 0 spiro atoms. The van der Waals surface area contributed by atoms with E-state index in [0.29, 0.717) is 12.5 Å². The Hall–Kier alpha value is -0.920. The number of allylic oxidation sites excluding steroid dienone is 3. The molecule has 14 heavy (non-hydrogen) atoms. The number of nitrogens with zero attached hydrogens (tertiary/aromatic N) is 1. The van der Waals surface area contributed by atoms with Crippen LogP contribution in [0.1, 0.15) is 39.5 Å². The van der Waals surface area contributed by atoms with Crippen molar-refractivity contribution in [1.82, 2.24) is 0 Å². The monoisotopic (exact) mass is 195 g/mol. The van der Waals surface area contributed by atoms with E-state index >= 15 is 0 Å². The van der Waals surface area contributed by atoms with Crippen LogP contribution in [0.4, 0.5) is 0 Å². The second kappa shape index (κ2) is 8.67. The topological polar surface area (TPSA) is 29.4 Å². The Morgan fingerprint density at radius 3 is 2.86 bits per heavy atom. The molecule has 0 aliphatic heterocycles. The highest BCUT2D eigenvalue weighted by molar-refractivity contribution is 4.98. The molecule has 0 saturated heterocycles. The fourth-order valence-corrected chi connectivity index (χ4v) is 1.23. The van der Waals surface area contributed by atoms with E-state index in [1.807, 2.05) is 6.08 Å². The van der Waals surface area contributed by atoms with Gasteiger partial charge < -0.3 is 0 Å². The molecule has 0 aromatic carbocycles. The van der Waals surface area contributed by atoms with Gasteiger partial charge >= 0.3 is 0 Å². The van der Waals surface area contributed by atoms with E-state index in [-0.39, 0.29) is 0 Å². The minimum Gasteiger partial charge on any atom is -0.151 e. The number of hydrogen-bond acceptors (Lipinski definition) is 2. The number of nitroso groups, excluding NO2 is 1. The van der Waals surface area contributed by atoms with Gasteiger partial charge in [0.25, 0.3) is 0 Å². The van der Waals surface area contributed by atoms with Crippen LogP contribution in [0.15, 0.2) is 29.5 Å². The van der Waals surface area contributed by atoms with Gasteiger partial charge in [0.15, 0.2) is 0 Å². The van der Waals surface area contributed by atoms with Crippen molar-refractivity contribution in [3.05, 3.63) is 29.2 Å². The van der Waals surface area contributed by atoms with Crippen molar-refractivity contribution in [3.8, 4) is 0 Å². The summed E-state index contributed by atoms with van der Waals surface area (Å²) in [6.07, 6.45) is 8.38. The SMILES string of the molecule is C=CC(C)CCC=C(C)CCCN=O. The average molecular weight is 195 g/mol. The van der Waals surface area contributed by atoms with Gasteiger partial charge in [-0.15, -0.1) is 6.58 Å². The molecule has 0 aromatic rings. The maximum absolute atomic E-state index is 9.85. The Kier molecular flexibility index (Phi) is 8.10. The molecule has 0 aliphatic carbocycles. The summed E-state index contributed by atoms with van der Waals surface area (Å²) in [6, 6.07) is 0. The van der Waals surface area contributed by atoms with E-state index < -0.39 is 0 Å². The Morgan fingerprint density at radius 2 is 2.29 bits per heavy atom. The Morgan fingerprint density at radius 1 is 1.57 bits per heavy atom.